The molecule has 0 aliphatic rings. The molecular weight excluding hydrogens is 240 g/mol. The van der Waals surface area contributed by atoms with Gasteiger partial charge in [-0.3, -0.25) is 0 Å². The van der Waals surface area contributed by atoms with E-state index >= 15 is 0 Å². The molecule has 2 aromatic carbocycles. The Labute approximate surface area is 103 Å². The second-order valence-electron chi connectivity index (χ2n) is 3.36. The summed E-state index contributed by atoms with van der Waals surface area (Å²) >= 11 is 5.75. The van der Waals surface area contributed by atoms with Crippen LogP contribution in [0.1, 0.15) is 10.4 Å². The maximum atomic E-state index is 11.0. The third-order valence-corrected chi connectivity index (χ3v) is 2.41. The maximum Gasteiger partial charge on any atom is 0.339 e. The number of carboxylic acid groups (broad SMARTS) is 1. The second kappa shape index (κ2) is 4.89. The van der Waals surface area contributed by atoms with Crippen molar-refractivity contribution >= 4 is 17.6 Å². The summed E-state index contributed by atoms with van der Waals surface area (Å²) < 4.78 is 5.49. The first-order valence-electron chi connectivity index (χ1n) is 4.92. The van der Waals surface area contributed by atoms with Crippen molar-refractivity contribution in [1.29, 1.82) is 0 Å². The van der Waals surface area contributed by atoms with E-state index in [-0.39, 0.29) is 5.56 Å². The van der Waals surface area contributed by atoms with Gasteiger partial charge in [-0.1, -0.05) is 23.7 Å². The number of carbonyl (C=O) groups is 1. The lowest BCUT2D eigenvalue weighted by molar-refractivity contribution is 0.0694. The van der Waals surface area contributed by atoms with Crippen molar-refractivity contribution < 1.29 is 14.6 Å². The lowest BCUT2D eigenvalue weighted by Gasteiger charge is -2.08. The maximum absolute atomic E-state index is 11.0. The van der Waals surface area contributed by atoms with E-state index in [1.165, 1.54) is 6.07 Å². The van der Waals surface area contributed by atoms with Crippen LogP contribution in [0.25, 0.3) is 0 Å². The summed E-state index contributed by atoms with van der Waals surface area (Å²) in [5.41, 5.74) is 0.127. The van der Waals surface area contributed by atoms with Crippen molar-refractivity contribution in [3.8, 4) is 11.5 Å². The van der Waals surface area contributed by atoms with Gasteiger partial charge in [0, 0.05) is 5.02 Å². The molecule has 0 aliphatic carbocycles. The average Bonchev–Trinajstić information content (AvgIpc) is 2.32. The molecule has 4 heteroatoms. The topological polar surface area (TPSA) is 46.5 Å². The van der Waals surface area contributed by atoms with Crippen LogP contribution < -0.4 is 4.74 Å². The Morgan fingerprint density at radius 2 is 1.71 bits per heavy atom. The molecule has 1 N–H and O–H groups in total. The van der Waals surface area contributed by atoms with E-state index in [9.17, 15) is 4.79 Å². The van der Waals surface area contributed by atoms with Gasteiger partial charge >= 0.3 is 5.97 Å². The van der Waals surface area contributed by atoms with Gasteiger partial charge in [0.15, 0.2) is 0 Å². The van der Waals surface area contributed by atoms with Crippen molar-refractivity contribution in [2.75, 3.05) is 0 Å². The third kappa shape index (κ3) is 2.77. The summed E-state index contributed by atoms with van der Waals surface area (Å²) in [7, 11) is 0. The van der Waals surface area contributed by atoms with Gasteiger partial charge in [0.2, 0.25) is 0 Å². The quantitative estimate of drug-likeness (QED) is 0.898. The molecule has 2 rings (SSSR count). The zero-order chi connectivity index (χ0) is 12.3. The minimum atomic E-state index is -1.02. The third-order valence-electron chi connectivity index (χ3n) is 2.16. The Morgan fingerprint density at radius 3 is 2.35 bits per heavy atom. The van der Waals surface area contributed by atoms with Gasteiger partial charge in [0.05, 0.1) is 0 Å². The van der Waals surface area contributed by atoms with Gasteiger partial charge in [-0.25, -0.2) is 4.79 Å². The summed E-state index contributed by atoms with van der Waals surface area (Å²) in [6.45, 7) is 0. The summed E-state index contributed by atoms with van der Waals surface area (Å²) in [5, 5.41) is 9.59. The SMILES string of the molecule is O=C(O)c1ccccc1Oc1ccc(Cl)cc1. The molecule has 0 spiro atoms. The number of rotatable bonds is 3. The number of para-hydroxylation sites is 1. The molecule has 0 fully saturated rings. The number of benzene rings is 2. The highest BCUT2D eigenvalue weighted by molar-refractivity contribution is 6.30. The number of ether oxygens (including phenoxy) is 1. The molecule has 86 valence electrons. The van der Waals surface area contributed by atoms with Crippen LogP contribution in [-0.2, 0) is 0 Å². The molecule has 0 atom stereocenters. The lowest BCUT2D eigenvalue weighted by atomic mass is 10.2. The molecule has 0 radical (unpaired) electrons. The van der Waals surface area contributed by atoms with Gasteiger partial charge < -0.3 is 9.84 Å². The van der Waals surface area contributed by atoms with Gasteiger partial charge in [0.25, 0.3) is 0 Å². The largest absolute Gasteiger partial charge is 0.478 e. The summed E-state index contributed by atoms with van der Waals surface area (Å²) in [5.74, 6) is -0.167. The highest BCUT2D eigenvalue weighted by Gasteiger charge is 2.10. The van der Waals surface area contributed by atoms with E-state index in [1.807, 2.05) is 0 Å². The van der Waals surface area contributed by atoms with E-state index in [0.29, 0.717) is 16.5 Å². The molecule has 0 aromatic heterocycles. The smallest absolute Gasteiger partial charge is 0.339 e. The highest BCUT2D eigenvalue weighted by Crippen LogP contribution is 2.26. The molecule has 3 nitrogen and oxygen atoms in total. The fourth-order valence-electron chi connectivity index (χ4n) is 1.36. The molecule has 0 bridgehead atoms. The lowest BCUT2D eigenvalue weighted by Crippen LogP contribution is -1.99. The zero-order valence-corrected chi connectivity index (χ0v) is 9.52. The van der Waals surface area contributed by atoms with E-state index in [4.69, 9.17) is 21.4 Å². The van der Waals surface area contributed by atoms with E-state index < -0.39 is 5.97 Å². The molecule has 0 amide bonds. The van der Waals surface area contributed by atoms with Crippen LogP contribution in [0, 0.1) is 0 Å². The Bertz CT molecular complexity index is 535. The molecule has 0 aliphatic heterocycles. The first-order valence-corrected chi connectivity index (χ1v) is 5.30. The van der Waals surface area contributed by atoms with Crippen molar-refractivity contribution in [2.45, 2.75) is 0 Å². The second-order valence-corrected chi connectivity index (χ2v) is 3.79. The average molecular weight is 249 g/mol. The molecule has 0 heterocycles. The van der Waals surface area contributed by atoms with E-state index in [0.717, 1.165) is 0 Å². The fraction of sp³-hybridized carbons (Fsp3) is 0. The monoisotopic (exact) mass is 248 g/mol. The van der Waals surface area contributed by atoms with Crippen molar-refractivity contribution in [3.05, 3.63) is 59.1 Å². The van der Waals surface area contributed by atoms with Crippen molar-refractivity contribution in [2.24, 2.45) is 0 Å². The van der Waals surface area contributed by atoms with Gasteiger partial charge in [-0.05, 0) is 36.4 Å². The van der Waals surface area contributed by atoms with Crippen LogP contribution in [0.5, 0.6) is 11.5 Å². The number of hydrogen-bond donors (Lipinski definition) is 1. The van der Waals surface area contributed by atoms with E-state index in [1.54, 1.807) is 42.5 Å². The Balaban J connectivity index is 2.30. The molecule has 0 saturated carbocycles. The number of hydrogen-bond acceptors (Lipinski definition) is 2. The van der Waals surface area contributed by atoms with Crippen LogP contribution >= 0.6 is 11.6 Å². The minimum absolute atomic E-state index is 0.127. The normalized spacial score (nSPS) is 9.94. The molecule has 0 saturated heterocycles. The molecule has 2 aromatic rings. The molecule has 0 unspecified atom stereocenters. The van der Waals surface area contributed by atoms with Crippen LogP contribution in [0.4, 0.5) is 0 Å². The first-order chi connectivity index (χ1) is 8.16. The number of halogens is 1. The number of aromatic carboxylic acids is 1. The fourth-order valence-corrected chi connectivity index (χ4v) is 1.49. The predicted octanol–water partition coefficient (Wildman–Crippen LogP) is 3.83. The Hall–Kier alpha value is -2.00. The van der Waals surface area contributed by atoms with Crippen LogP contribution in [0.15, 0.2) is 48.5 Å². The van der Waals surface area contributed by atoms with E-state index in [2.05, 4.69) is 0 Å². The first kappa shape index (κ1) is 11.5. The Morgan fingerprint density at radius 1 is 1.06 bits per heavy atom. The minimum Gasteiger partial charge on any atom is -0.478 e. The Kier molecular flexibility index (Phi) is 3.30. The van der Waals surface area contributed by atoms with Crippen molar-refractivity contribution in [1.82, 2.24) is 0 Å². The summed E-state index contributed by atoms with van der Waals surface area (Å²) in [6.07, 6.45) is 0. The predicted molar refractivity (Wildman–Crippen MR) is 64.9 cm³/mol. The molecule has 17 heavy (non-hydrogen) atoms. The van der Waals surface area contributed by atoms with Gasteiger partial charge in [0.1, 0.15) is 17.1 Å². The standard InChI is InChI=1S/C13H9ClO3/c14-9-5-7-10(8-6-9)17-12-4-2-1-3-11(12)13(15)16/h1-8H,(H,15,16). The van der Waals surface area contributed by atoms with Crippen LogP contribution in [0.2, 0.25) is 5.02 Å². The molecular formula is C13H9ClO3. The van der Waals surface area contributed by atoms with Gasteiger partial charge in [-0.2, -0.15) is 0 Å². The van der Waals surface area contributed by atoms with Gasteiger partial charge in [-0.15, -0.1) is 0 Å². The highest BCUT2D eigenvalue weighted by atomic mass is 35.5. The summed E-state index contributed by atoms with van der Waals surface area (Å²) in [4.78, 5) is 11.0. The summed E-state index contributed by atoms with van der Waals surface area (Å²) in [6, 6.07) is 13.2. The zero-order valence-electron chi connectivity index (χ0n) is 8.76. The van der Waals surface area contributed by atoms with Crippen LogP contribution in [-0.4, -0.2) is 11.1 Å². The number of carboxylic acids is 1. The van der Waals surface area contributed by atoms with Crippen LogP contribution in [0.3, 0.4) is 0 Å². The van der Waals surface area contributed by atoms with Crippen molar-refractivity contribution in [3.63, 3.8) is 0 Å².